The van der Waals surface area contributed by atoms with E-state index in [-0.39, 0.29) is 5.75 Å². The lowest BCUT2D eigenvalue weighted by atomic mass is 10.0. The Kier molecular flexibility index (Phi) is 3.81. The topological polar surface area (TPSA) is 43.7 Å². The zero-order chi connectivity index (χ0) is 13.3. The van der Waals surface area contributed by atoms with Crippen molar-refractivity contribution in [3.63, 3.8) is 0 Å². The molecule has 2 unspecified atom stereocenters. The van der Waals surface area contributed by atoms with Gasteiger partial charge < -0.3 is 15.1 Å². The first kappa shape index (κ1) is 13.2. The monoisotopic (exact) mass is 249 g/mol. The number of hydrogen-bond acceptors (Lipinski definition) is 3. The lowest BCUT2D eigenvalue weighted by molar-refractivity contribution is 0.195. The Morgan fingerprint density at radius 2 is 2.00 bits per heavy atom. The smallest absolute Gasteiger partial charge is 0.123 e. The largest absolute Gasteiger partial charge is 0.507 e. The van der Waals surface area contributed by atoms with Crippen molar-refractivity contribution in [2.24, 2.45) is 5.92 Å². The summed E-state index contributed by atoms with van der Waals surface area (Å²) in [5.41, 5.74) is 1.66. The Hall–Kier alpha value is -1.22. The van der Waals surface area contributed by atoms with E-state index in [0.29, 0.717) is 17.5 Å². The molecular weight excluding hydrogens is 226 g/mol. The van der Waals surface area contributed by atoms with Gasteiger partial charge in [0.1, 0.15) is 5.75 Å². The predicted octanol–water partition coefficient (Wildman–Crippen LogP) is 3.07. The SMILES string of the molecule is CC(O)c1ccc(N2CCCC2C(C)C)cc1O. The van der Waals surface area contributed by atoms with E-state index in [1.807, 2.05) is 12.1 Å². The summed E-state index contributed by atoms with van der Waals surface area (Å²) in [6.45, 7) is 7.21. The number of benzene rings is 1. The lowest BCUT2D eigenvalue weighted by Gasteiger charge is -2.30. The number of aliphatic hydroxyl groups excluding tert-OH is 1. The van der Waals surface area contributed by atoms with Crippen LogP contribution in [-0.4, -0.2) is 22.8 Å². The molecule has 0 bridgehead atoms. The van der Waals surface area contributed by atoms with Crippen LogP contribution in [0.5, 0.6) is 5.75 Å². The van der Waals surface area contributed by atoms with Gasteiger partial charge in [-0.3, -0.25) is 0 Å². The molecule has 100 valence electrons. The Morgan fingerprint density at radius 1 is 1.28 bits per heavy atom. The van der Waals surface area contributed by atoms with Crippen LogP contribution < -0.4 is 4.90 Å². The minimum atomic E-state index is -0.626. The Balaban J connectivity index is 2.26. The maximum absolute atomic E-state index is 9.96. The van der Waals surface area contributed by atoms with Crippen molar-refractivity contribution >= 4 is 5.69 Å². The van der Waals surface area contributed by atoms with Gasteiger partial charge in [-0.1, -0.05) is 19.9 Å². The summed E-state index contributed by atoms with van der Waals surface area (Å²) < 4.78 is 0. The minimum Gasteiger partial charge on any atom is -0.507 e. The molecule has 0 spiro atoms. The van der Waals surface area contributed by atoms with Gasteiger partial charge in [0.25, 0.3) is 0 Å². The normalized spacial score (nSPS) is 21.6. The van der Waals surface area contributed by atoms with Crippen molar-refractivity contribution in [1.29, 1.82) is 0 Å². The van der Waals surface area contributed by atoms with Crippen LogP contribution in [0.3, 0.4) is 0 Å². The van der Waals surface area contributed by atoms with E-state index >= 15 is 0 Å². The molecule has 1 aromatic rings. The fraction of sp³-hybridized carbons (Fsp3) is 0.600. The number of anilines is 1. The van der Waals surface area contributed by atoms with Gasteiger partial charge in [-0.05, 0) is 31.7 Å². The van der Waals surface area contributed by atoms with Crippen LogP contribution in [0.4, 0.5) is 5.69 Å². The van der Waals surface area contributed by atoms with Gasteiger partial charge in [0.15, 0.2) is 0 Å². The summed E-state index contributed by atoms with van der Waals surface area (Å²) in [5, 5.41) is 19.5. The molecule has 3 heteroatoms. The first-order valence-corrected chi connectivity index (χ1v) is 6.78. The third-order valence-corrected chi connectivity index (χ3v) is 3.86. The number of nitrogens with zero attached hydrogens (tertiary/aromatic N) is 1. The first-order valence-electron chi connectivity index (χ1n) is 6.78. The summed E-state index contributed by atoms with van der Waals surface area (Å²) in [4.78, 5) is 2.37. The van der Waals surface area contributed by atoms with Crippen LogP contribution in [0, 0.1) is 5.92 Å². The third-order valence-electron chi connectivity index (χ3n) is 3.86. The Labute approximate surface area is 109 Å². The van der Waals surface area contributed by atoms with Crippen molar-refractivity contribution < 1.29 is 10.2 Å². The third kappa shape index (κ3) is 2.46. The number of aliphatic hydroxyl groups is 1. The molecular formula is C15H23NO2. The second-order valence-corrected chi connectivity index (χ2v) is 5.57. The van der Waals surface area contributed by atoms with Gasteiger partial charge in [-0.15, -0.1) is 0 Å². The molecule has 1 saturated heterocycles. The average Bonchev–Trinajstić information content (AvgIpc) is 2.77. The maximum atomic E-state index is 9.96. The van der Waals surface area contributed by atoms with Crippen LogP contribution in [0.2, 0.25) is 0 Å². The van der Waals surface area contributed by atoms with Crippen LogP contribution in [0.15, 0.2) is 18.2 Å². The highest BCUT2D eigenvalue weighted by Crippen LogP contribution is 2.34. The lowest BCUT2D eigenvalue weighted by Crippen LogP contribution is -2.33. The summed E-state index contributed by atoms with van der Waals surface area (Å²) in [5.74, 6) is 0.808. The molecule has 0 aliphatic carbocycles. The number of rotatable bonds is 3. The van der Waals surface area contributed by atoms with Crippen molar-refractivity contribution in [1.82, 2.24) is 0 Å². The van der Waals surface area contributed by atoms with E-state index in [2.05, 4.69) is 18.7 Å². The maximum Gasteiger partial charge on any atom is 0.123 e. The number of aromatic hydroxyl groups is 1. The summed E-state index contributed by atoms with van der Waals surface area (Å²) >= 11 is 0. The zero-order valence-corrected chi connectivity index (χ0v) is 11.4. The molecule has 1 aromatic carbocycles. The van der Waals surface area contributed by atoms with Crippen LogP contribution in [0.25, 0.3) is 0 Å². The summed E-state index contributed by atoms with van der Waals surface area (Å²) in [7, 11) is 0. The van der Waals surface area contributed by atoms with Crippen molar-refractivity contribution in [2.75, 3.05) is 11.4 Å². The number of phenols is 1. The standard InChI is InChI=1S/C15H23NO2/c1-10(2)14-5-4-8-16(14)12-6-7-13(11(3)17)15(18)9-12/h6-7,9-11,14,17-18H,4-5,8H2,1-3H3. The van der Waals surface area contributed by atoms with Crippen molar-refractivity contribution in [2.45, 2.75) is 45.8 Å². The Bertz CT molecular complexity index is 415. The van der Waals surface area contributed by atoms with E-state index in [9.17, 15) is 10.2 Å². The van der Waals surface area contributed by atoms with Gasteiger partial charge in [-0.25, -0.2) is 0 Å². The fourth-order valence-electron chi connectivity index (χ4n) is 2.87. The fourth-order valence-corrected chi connectivity index (χ4v) is 2.87. The molecule has 2 atom stereocenters. The Morgan fingerprint density at radius 3 is 2.56 bits per heavy atom. The molecule has 0 amide bonds. The molecule has 18 heavy (non-hydrogen) atoms. The van der Waals surface area contributed by atoms with Crippen molar-refractivity contribution in [3.8, 4) is 5.75 Å². The van der Waals surface area contributed by atoms with Gasteiger partial charge >= 0.3 is 0 Å². The average molecular weight is 249 g/mol. The molecule has 0 aromatic heterocycles. The van der Waals surface area contributed by atoms with Gasteiger partial charge in [0.05, 0.1) is 6.10 Å². The molecule has 0 saturated carbocycles. The van der Waals surface area contributed by atoms with E-state index in [1.54, 1.807) is 13.0 Å². The summed E-state index contributed by atoms with van der Waals surface area (Å²) in [6.07, 6.45) is 1.80. The predicted molar refractivity (Wildman–Crippen MR) is 73.9 cm³/mol. The minimum absolute atomic E-state index is 0.192. The molecule has 0 radical (unpaired) electrons. The molecule has 1 aliphatic rings. The van der Waals surface area contributed by atoms with Crippen LogP contribution >= 0.6 is 0 Å². The highest BCUT2D eigenvalue weighted by atomic mass is 16.3. The summed E-state index contributed by atoms with van der Waals surface area (Å²) in [6, 6.07) is 6.16. The van der Waals surface area contributed by atoms with E-state index in [4.69, 9.17) is 0 Å². The number of phenolic OH excluding ortho intramolecular Hbond substituents is 1. The number of hydrogen-bond donors (Lipinski definition) is 2. The highest BCUT2D eigenvalue weighted by Gasteiger charge is 2.27. The van der Waals surface area contributed by atoms with E-state index < -0.39 is 6.10 Å². The van der Waals surface area contributed by atoms with Gasteiger partial charge in [0.2, 0.25) is 0 Å². The molecule has 1 aliphatic heterocycles. The van der Waals surface area contributed by atoms with Gasteiger partial charge in [0, 0.05) is 29.9 Å². The van der Waals surface area contributed by atoms with Crippen LogP contribution in [0.1, 0.15) is 45.3 Å². The molecule has 1 fully saturated rings. The quantitative estimate of drug-likeness (QED) is 0.865. The molecule has 3 nitrogen and oxygen atoms in total. The second kappa shape index (κ2) is 5.19. The van der Waals surface area contributed by atoms with E-state index in [1.165, 1.54) is 12.8 Å². The van der Waals surface area contributed by atoms with Gasteiger partial charge in [-0.2, -0.15) is 0 Å². The van der Waals surface area contributed by atoms with Crippen molar-refractivity contribution in [3.05, 3.63) is 23.8 Å². The first-order chi connectivity index (χ1) is 8.50. The van der Waals surface area contributed by atoms with E-state index in [0.717, 1.165) is 12.2 Å². The molecule has 1 heterocycles. The van der Waals surface area contributed by atoms with Crippen LogP contribution in [-0.2, 0) is 0 Å². The highest BCUT2D eigenvalue weighted by molar-refractivity contribution is 5.55. The zero-order valence-electron chi connectivity index (χ0n) is 11.4. The molecule has 2 rings (SSSR count). The molecule has 2 N–H and O–H groups in total. The second-order valence-electron chi connectivity index (χ2n) is 5.57.